The molecule has 1 aliphatic rings. The summed E-state index contributed by atoms with van der Waals surface area (Å²) in [6.07, 6.45) is 0. The quantitative estimate of drug-likeness (QED) is 0.324. The number of piperazine rings is 1. The van der Waals surface area contributed by atoms with Crippen molar-refractivity contribution < 1.29 is 23.2 Å². The lowest BCUT2D eigenvalue weighted by Crippen LogP contribution is -2.61. The van der Waals surface area contributed by atoms with Crippen LogP contribution in [0.3, 0.4) is 0 Å². The molecule has 1 aromatic carbocycles. The number of amides is 1. The number of nitrogens with zero attached hydrogens (tertiary/aromatic N) is 3. The number of nitrogens with one attached hydrogen (secondary N) is 2. The summed E-state index contributed by atoms with van der Waals surface area (Å²) >= 11 is 0.945. The van der Waals surface area contributed by atoms with Gasteiger partial charge in [-0.25, -0.2) is 24.1 Å². The molecule has 1 aromatic heterocycles. The smallest absolute Gasteiger partial charge is 0.268 e. The molecule has 1 amide bonds. The highest BCUT2D eigenvalue weighted by Crippen LogP contribution is 2.35. The first kappa shape index (κ1) is 22.6. The minimum Gasteiger partial charge on any atom is -0.299 e. The van der Waals surface area contributed by atoms with Gasteiger partial charge in [0.1, 0.15) is 15.8 Å². The Labute approximate surface area is 183 Å². The Morgan fingerprint density at radius 1 is 1.29 bits per heavy atom. The lowest BCUT2D eigenvalue weighted by molar-refractivity contribution is -0.133. The van der Waals surface area contributed by atoms with Crippen molar-refractivity contribution in [1.29, 1.82) is 5.26 Å². The predicted octanol–water partition coefficient (Wildman–Crippen LogP) is 0.707. The minimum atomic E-state index is -4.21. The van der Waals surface area contributed by atoms with Crippen LogP contribution in [0.25, 0.3) is 10.4 Å². The van der Waals surface area contributed by atoms with Crippen LogP contribution in [0.5, 0.6) is 0 Å². The van der Waals surface area contributed by atoms with Crippen LogP contribution in [-0.2, 0) is 19.6 Å². The van der Waals surface area contributed by atoms with E-state index in [1.165, 1.54) is 16.6 Å². The van der Waals surface area contributed by atoms with E-state index >= 15 is 0 Å². The topological polar surface area (TPSA) is 143 Å². The molecule has 31 heavy (non-hydrogen) atoms. The summed E-state index contributed by atoms with van der Waals surface area (Å²) in [7, 11) is -4.21. The Morgan fingerprint density at radius 2 is 2.03 bits per heavy atom. The van der Waals surface area contributed by atoms with Gasteiger partial charge in [-0.15, -0.1) is 11.3 Å². The van der Waals surface area contributed by atoms with Crippen molar-refractivity contribution in [2.24, 2.45) is 0 Å². The Balaban J connectivity index is 2.03. The second-order valence-electron chi connectivity index (χ2n) is 6.42. The van der Waals surface area contributed by atoms with Gasteiger partial charge in [-0.1, -0.05) is 25.1 Å². The van der Waals surface area contributed by atoms with Crippen LogP contribution in [0.4, 0.5) is 0 Å². The number of carbonyl (C=O) groups excluding carboxylic acids is 2. The second-order valence-corrected chi connectivity index (χ2v) is 9.62. The molecule has 1 saturated heterocycles. The van der Waals surface area contributed by atoms with Crippen molar-refractivity contribution in [3.63, 3.8) is 0 Å². The largest absolute Gasteiger partial charge is 0.299 e. The fourth-order valence-corrected chi connectivity index (χ4v) is 6.31. The van der Waals surface area contributed by atoms with E-state index in [-0.39, 0.29) is 23.0 Å². The minimum absolute atomic E-state index is 0.0619. The number of hydroxylamine groups is 1. The van der Waals surface area contributed by atoms with Crippen LogP contribution in [-0.4, -0.2) is 60.5 Å². The summed E-state index contributed by atoms with van der Waals surface area (Å²) in [5, 5.41) is 19.8. The van der Waals surface area contributed by atoms with E-state index in [0.29, 0.717) is 22.5 Å². The first-order valence-electron chi connectivity index (χ1n) is 9.20. The van der Waals surface area contributed by atoms with Crippen molar-refractivity contribution in [3.8, 4) is 16.5 Å². The number of carbonyl (C=O) groups is 1. The monoisotopic (exact) mass is 461 g/mol. The van der Waals surface area contributed by atoms with Gasteiger partial charge in [-0.3, -0.25) is 15.0 Å². The van der Waals surface area contributed by atoms with Crippen molar-refractivity contribution in [2.75, 3.05) is 19.6 Å². The standard InChI is InChI=1S/C19H19N5O5S2/c1-2-21-23-9-10-24(18(15(23)12-25)19(26)22-27)31(28,29)17-8-7-16(30-17)14-6-4-3-5-13(14)11-20/h3-8,18,21,27H,2,9-10H2,1H3,(H,22,26)/t18-/m1/s1. The summed E-state index contributed by atoms with van der Waals surface area (Å²) in [5.41, 5.74) is 5.03. The van der Waals surface area contributed by atoms with Crippen LogP contribution in [0.15, 0.2) is 46.3 Å². The number of benzene rings is 1. The first-order valence-corrected chi connectivity index (χ1v) is 11.5. The van der Waals surface area contributed by atoms with Gasteiger partial charge >= 0.3 is 0 Å². The van der Waals surface area contributed by atoms with Gasteiger partial charge < -0.3 is 0 Å². The average molecular weight is 462 g/mol. The van der Waals surface area contributed by atoms with E-state index in [2.05, 4.69) is 11.5 Å². The van der Waals surface area contributed by atoms with E-state index in [4.69, 9.17) is 5.21 Å². The Morgan fingerprint density at radius 3 is 2.68 bits per heavy atom. The van der Waals surface area contributed by atoms with E-state index in [1.54, 1.807) is 43.2 Å². The molecule has 2 aromatic rings. The lowest BCUT2D eigenvalue weighted by atomic mass is 10.1. The molecular weight excluding hydrogens is 442 g/mol. The molecule has 162 valence electrons. The van der Waals surface area contributed by atoms with Gasteiger partial charge in [0, 0.05) is 30.1 Å². The van der Waals surface area contributed by atoms with Crippen LogP contribution in [0, 0.1) is 11.3 Å². The SMILES string of the molecule is CCNN1CCN(S(=O)(=O)c2ccc(-c3ccccc3C#N)s2)[C@@H](C(=O)NO)C1=C=O. The number of rotatable bonds is 6. The summed E-state index contributed by atoms with van der Waals surface area (Å²) in [4.78, 5) is 24.5. The number of hydrazine groups is 1. The van der Waals surface area contributed by atoms with Crippen molar-refractivity contribution in [2.45, 2.75) is 17.2 Å². The summed E-state index contributed by atoms with van der Waals surface area (Å²) in [6, 6.07) is 10.2. The van der Waals surface area contributed by atoms with Crippen LogP contribution >= 0.6 is 11.3 Å². The zero-order valence-corrected chi connectivity index (χ0v) is 18.0. The van der Waals surface area contributed by atoms with Gasteiger partial charge in [-0.2, -0.15) is 9.57 Å². The first-order chi connectivity index (χ1) is 14.9. The molecule has 1 fully saturated rings. The Hall–Kier alpha value is -3.04. The normalized spacial score (nSPS) is 17.1. The number of hydrogen-bond donors (Lipinski definition) is 3. The van der Waals surface area contributed by atoms with Crippen LogP contribution < -0.4 is 10.9 Å². The number of nitriles is 1. The third-order valence-corrected chi connectivity index (χ3v) is 8.10. The molecule has 10 nitrogen and oxygen atoms in total. The molecule has 3 rings (SSSR count). The Bertz CT molecular complexity index is 1180. The third kappa shape index (κ3) is 4.24. The maximum Gasteiger partial charge on any atom is 0.268 e. The molecule has 1 aliphatic heterocycles. The maximum absolute atomic E-state index is 13.4. The van der Waals surface area contributed by atoms with Gasteiger partial charge in [0.2, 0.25) is 0 Å². The van der Waals surface area contributed by atoms with Gasteiger partial charge in [-0.05, 0) is 18.2 Å². The van der Waals surface area contributed by atoms with Crippen molar-refractivity contribution in [3.05, 3.63) is 47.7 Å². The van der Waals surface area contributed by atoms with Gasteiger partial charge in [0.25, 0.3) is 15.9 Å². The fourth-order valence-electron chi connectivity index (χ4n) is 3.29. The molecule has 0 saturated carbocycles. The average Bonchev–Trinajstić information content (AvgIpc) is 3.29. The van der Waals surface area contributed by atoms with Crippen LogP contribution in [0.1, 0.15) is 12.5 Å². The maximum atomic E-state index is 13.4. The zero-order valence-electron chi connectivity index (χ0n) is 16.4. The highest BCUT2D eigenvalue weighted by Gasteiger charge is 2.44. The molecule has 12 heteroatoms. The molecular formula is C19H19N5O5S2. The van der Waals surface area contributed by atoms with E-state index in [1.807, 2.05) is 0 Å². The Kier molecular flexibility index (Phi) is 6.87. The highest BCUT2D eigenvalue weighted by molar-refractivity contribution is 7.91. The van der Waals surface area contributed by atoms with Gasteiger partial charge in [0.05, 0.1) is 11.6 Å². The van der Waals surface area contributed by atoms with E-state index in [0.717, 1.165) is 15.6 Å². The predicted molar refractivity (Wildman–Crippen MR) is 112 cm³/mol. The molecule has 0 unspecified atom stereocenters. The second kappa shape index (κ2) is 9.40. The molecule has 2 heterocycles. The van der Waals surface area contributed by atoms with E-state index in [9.17, 15) is 23.3 Å². The fraction of sp³-hybridized carbons (Fsp3) is 0.263. The summed E-state index contributed by atoms with van der Waals surface area (Å²) < 4.78 is 27.5. The summed E-state index contributed by atoms with van der Waals surface area (Å²) in [6.45, 7) is 2.19. The van der Waals surface area contributed by atoms with Crippen LogP contribution in [0.2, 0.25) is 0 Å². The number of thiophene rings is 1. The molecule has 3 N–H and O–H groups in total. The lowest BCUT2D eigenvalue weighted by Gasteiger charge is -2.40. The highest BCUT2D eigenvalue weighted by atomic mass is 32.2. The van der Waals surface area contributed by atoms with Gasteiger partial charge in [0.15, 0.2) is 6.04 Å². The zero-order chi connectivity index (χ0) is 22.6. The molecule has 0 spiro atoms. The number of hydrogen-bond acceptors (Lipinski definition) is 9. The number of sulfonamides is 1. The third-order valence-electron chi connectivity index (χ3n) is 4.65. The molecule has 1 atom stereocenters. The van der Waals surface area contributed by atoms with E-state index < -0.39 is 22.0 Å². The summed E-state index contributed by atoms with van der Waals surface area (Å²) in [5.74, 6) is 0.550. The molecule has 0 bridgehead atoms. The van der Waals surface area contributed by atoms with Crippen molar-refractivity contribution >= 4 is 33.2 Å². The molecule has 0 radical (unpaired) electrons. The van der Waals surface area contributed by atoms with Crippen molar-refractivity contribution in [1.82, 2.24) is 20.2 Å². The molecule has 0 aliphatic carbocycles.